The predicted molar refractivity (Wildman–Crippen MR) is 131 cm³/mol. The van der Waals surface area contributed by atoms with E-state index >= 15 is 0 Å². The van der Waals surface area contributed by atoms with E-state index in [0.29, 0.717) is 29.9 Å². The highest BCUT2D eigenvalue weighted by atomic mass is 35.5. The molecule has 0 aliphatic carbocycles. The predicted octanol–water partition coefficient (Wildman–Crippen LogP) is 4.70. The van der Waals surface area contributed by atoms with Crippen molar-refractivity contribution in [2.24, 2.45) is 0 Å². The first-order valence-corrected chi connectivity index (χ1v) is 11.5. The van der Waals surface area contributed by atoms with E-state index in [9.17, 15) is 9.18 Å². The Morgan fingerprint density at radius 1 is 1.12 bits per heavy atom. The van der Waals surface area contributed by atoms with Crippen molar-refractivity contribution in [2.75, 3.05) is 39.0 Å². The van der Waals surface area contributed by atoms with E-state index in [-0.39, 0.29) is 27.5 Å². The maximum Gasteiger partial charge on any atom is 0.272 e. The second-order valence-electron chi connectivity index (χ2n) is 8.15. The fourth-order valence-corrected chi connectivity index (χ4v) is 4.45. The van der Waals surface area contributed by atoms with Crippen LogP contribution in [0.15, 0.2) is 42.7 Å². The van der Waals surface area contributed by atoms with Gasteiger partial charge in [-0.15, -0.1) is 0 Å². The second-order valence-corrected chi connectivity index (χ2v) is 8.93. The van der Waals surface area contributed by atoms with Gasteiger partial charge in [0.15, 0.2) is 11.6 Å². The highest BCUT2D eigenvalue weighted by molar-refractivity contribution is 6.36. The van der Waals surface area contributed by atoms with Gasteiger partial charge in [0.2, 0.25) is 0 Å². The lowest BCUT2D eigenvalue weighted by molar-refractivity contribution is 0.0658. The number of carbonyl (C=O) groups is 1. The zero-order chi connectivity index (χ0) is 24.4. The molecule has 1 fully saturated rings. The molecule has 1 atom stereocenters. The summed E-state index contributed by atoms with van der Waals surface area (Å²) in [6.07, 6.45) is 2.49. The molecule has 1 aliphatic heterocycles. The summed E-state index contributed by atoms with van der Waals surface area (Å²) in [5.74, 6) is -0.267. The molecule has 0 saturated carbocycles. The molecule has 4 rings (SSSR count). The minimum atomic E-state index is -0.693. The first kappa shape index (κ1) is 24.2. The van der Waals surface area contributed by atoms with E-state index in [1.807, 2.05) is 7.05 Å². The molecule has 0 bridgehead atoms. The quantitative estimate of drug-likeness (QED) is 0.508. The topological polar surface area (TPSA) is 84.6 Å². The summed E-state index contributed by atoms with van der Waals surface area (Å²) in [7, 11) is 2.03. The molecule has 1 saturated heterocycles. The maximum atomic E-state index is 14.0. The van der Waals surface area contributed by atoms with Crippen LogP contribution in [0.2, 0.25) is 10.0 Å². The van der Waals surface area contributed by atoms with Gasteiger partial charge in [-0.1, -0.05) is 23.2 Å². The van der Waals surface area contributed by atoms with E-state index in [2.05, 4.69) is 14.9 Å². The van der Waals surface area contributed by atoms with Crippen LogP contribution in [0.25, 0.3) is 11.1 Å². The van der Waals surface area contributed by atoms with Crippen LogP contribution in [0.3, 0.4) is 0 Å². The fraction of sp³-hybridized carbons (Fsp3) is 0.292. The average molecular weight is 504 g/mol. The molecule has 3 aromatic rings. The van der Waals surface area contributed by atoms with Crippen molar-refractivity contribution in [3.63, 3.8) is 0 Å². The minimum Gasteiger partial charge on any atom is -0.482 e. The van der Waals surface area contributed by atoms with Crippen molar-refractivity contribution in [3.8, 4) is 16.9 Å². The van der Waals surface area contributed by atoms with Gasteiger partial charge >= 0.3 is 0 Å². The number of nitrogens with zero attached hydrogens (tertiary/aromatic N) is 4. The van der Waals surface area contributed by atoms with Crippen LogP contribution in [-0.2, 0) is 0 Å². The van der Waals surface area contributed by atoms with Gasteiger partial charge in [-0.3, -0.25) is 9.78 Å². The number of nitrogen functional groups attached to an aromatic ring is 1. The van der Waals surface area contributed by atoms with Crippen LogP contribution in [0.4, 0.5) is 10.2 Å². The van der Waals surface area contributed by atoms with Gasteiger partial charge in [0.1, 0.15) is 17.6 Å². The van der Waals surface area contributed by atoms with Gasteiger partial charge in [0.25, 0.3) is 5.91 Å². The number of amides is 1. The van der Waals surface area contributed by atoms with Gasteiger partial charge in [-0.2, -0.15) is 0 Å². The number of benzene rings is 1. The Hall–Kier alpha value is -2.94. The zero-order valence-electron chi connectivity index (χ0n) is 18.8. The number of hydrogen-bond acceptors (Lipinski definition) is 6. The summed E-state index contributed by atoms with van der Waals surface area (Å²) in [5, 5.41) is 0.173. The SMILES string of the molecule is CC(Oc1cc(-c2ccnc(C(=O)N3CCN(C)CC3)c2)cnc1N)c1c(Cl)ccc(F)c1Cl. The molecule has 3 heterocycles. The molecule has 0 radical (unpaired) electrons. The lowest BCUT2D eigenvalue weighted by atomic mass is 10.1. The van der Waals surface area contributed by atoms with E-state index in [0.717, 1.165) is 18.7 Å². The molecule has 10 heteroatoms. The fourth-order valence-electron chi connectivity index (χ4n) is 3.77. The summed E-state index contributed by atoms with van der Waals surface area (Å²) in [6, 6.07) is 7.83. The van der Waals surface area contributed by atoms with Crippen molar-refractivity contribution in [1.29, 1.82) is 0 Å². The molecular formula is C24H24Cl2FN5O2. The Kier molecular flexibility index (Phi) is 7.21. The highest BCUT2D eigenvalue weighted by Gasteiger charge is 2.23. The number of aromatic nitrogens is 2. The number of anilines is 1. The van der Waals surface area contributed by atoms with Crippen molar-refractivity contribution in [3.05, 3.63) is 69.8 Å². The summed E-state index contributed by atoms with van der Waals surface area (Å²) in [5.41, 5.74) is 8.12. The Bertz CT molecular complexity index is 1220. The molecule has 34 heavy (non-hydrogen) atoms. The Labute approximate surface area is 207 Å². The molecule has 1 amide bonds. The molecule has 2 N–H and O–H groups in total. The molecule has 1 aliphatic rings. The van der Waals surface area contributed by atoms with Crippen molar-refractivity contribution in [1.82, 2.24) is 19.8 Å². The Balaban J connectivity index is 1.59. The van der Waals surface area contributed by atoms with Crippen molar-refractivity contribution >= 4 is 34.9 Å². The number of carbonyl (C=O) groups excluding carboxylic acids is 1. The van der Waals surface area contributed by atoms with E-state index in [4.69, 9.17) is 33.7 Å². The van der Waals surface area contributed by atoms with Crippen LogP contribution in [0.5, 0.6) is 5.75 Å². The number of hydrogen-bond donors (Lipinski definition) is 1. The van der Waals surface area contributed by atoms with Gasteiger partial charge in [-0.05, 0) is 49.9 Å². The third kappa shape index (κ3) is 5.09. The van der Waals surface area contributed by atoms with Gasteiger partial charge in [-0.25, -0.2) is 9.37 Å². The Morgan fingerprint density at radius 3 is 2.59 bits per heavy atom. The first-order chi connectivity index (χ1) is 16.2. The second kappa shape index (κ2) is 10.1. The molecule has 2 aromatic heterocycles. The lowest BCUT2D eigenvalue weighted by Crippen LogP contribution is -2.47. The average Bonchev–Trinajstić information content (AvgIpc) is 2.83. The maximum absolute atomic E-state index is 14.0. The van der Waals surface area contributed by atoms with E-state index < -0.39 is 11.9 Å². The molecule has 1 aromatic carbocycles. The molecular weight excluding hydrogens is 480 g/mol. The highest BCUT2D eigenvalue weighted by Crippen LogP contribution is 2.37. The largest absolute Gasteiger partial charge is 0.482 e. The number of rotatable bonds is 5. The van der Waals surface area contributed by atoms with Crippen LogP contribution < -0.4 is 10.5 Å². The van der Waals surface area contributed by atoms with Crippen LogP contribution >= 0.6 is 23.2 Å². The molecule has 0 spiro atoms. The first-order valence-electron chi connectivity index (χ1n) is 10.7. The standard InChI is InChI=1S/C24H24Cl2FN5O2/c1-14(21-17(25)3-4-18(27)22(21)26)34-20-12-16(13-30-23(20)28)15-5-6-29-19(11-15)24(33)32-9-7-31(2)8-10-32/h3-6,11-14H,7-10H2,1-2H3,(H2,28,30). The number of nitrogens with two attached hydrogens (primary N) is 1. The van der Waals surface area contributed by atoms with Crippen molar-refractivity contribution < 1.29 is 13.9 Å². The lowest BCUT2D eigenvalue weighted by Gasteiger charge is -2.32. The van der Waals surface area contributed by atoms with Crippen LogP contribution in [0.1, 0.15) is 29.1 Å². The van der Waals surface area contributed by atoms with Crippen LogP contribution in [-0.4, -0.2) is 58.9 Å². The molecule has 1 unspecified atom stereocenters. The summed E-state index contributed by atoms with van der Waals surface area (Å²) in [4.78, 5) is 25.4. The summed E-state index contributed by atoms with van der Waals surface area (Å²) < 4.78 is 19.9. The summed E-state index contributed by atoms with van der Waals surface area (Å²) >= 11 is 12.3. The minimum absolute atomic E-state index is 0.108. The van der Waals surface area contributed by atoms with Crippen LogP contribution in [0, 0.1) is 5.82 Å². The number of halogens is 3. The van der Waals surface area contributed by atoms with E-state index in [1.54, 1.807) is 42.4 Å². The Morgan fingerprint density at radius 2 is 1.85 bits per heavy atom. The molecule has 178 valence electrons. The van der Waals surface area contributed by atoms with Crippen molar-refractivity contribution in [2.45, 2.75) is 13.0 Å². The zero-order valence-corrected chi connectivity index (χ0v) is 20.3. The third-order valence-corrected chi connectivity index (χ3v) is 6.49. The summed E-state index contributed by atoms with van der Waals surface area (Å²) in [6.45, 7) is 4.66. The van der Waals surface area contributed by atoms with Gasteiger partial charge in [0.05, 0.1) is 5.02 Å². The smallest absolute Gasteiger partial charge is 0.272 e. The number of piperazine rings is 1. The number of pyridine rings is 2. The normalized spacial score (nSPS) is 15.3. The third-order valence-electron chi connectivity index (χ3n) is 5.77. The van der Waals surface area contributed by atoms with Gasteiger partial charge < -0.3 is 20.3 Å². The van der Waals surface area contributed by atoms with E-state index in [1.165, 1.54) is 12.1 Å². The number of ether oxygens (including phenoxy) is 1. The number of likely N-dealkylation sites (N-methyl/N-ethyl adjacent to an activating group) is 1. The molecule has 7 nitrogen and oxygen atoms in total. The monoisotopic (exact) mass is 503 g/mol. The van der Waals surface area contributed by atoms with Gasteiger partial charge in [0, 0.05) is 54.7 Å².